The number of hydrogen-bond acceptors (Lipinski definition) is 0. The smallest absolute Gasteiger partial charge is 0.0167 e. The van der Waals surface area contributed by atoms with Crippen molar-refractivity contribution in [1.82, 2.24) is 0 Å². The molecule has 0 bridgehead atoms. The van der Waals surface area contributed by atoms with E-state index < -0.39 is 0 Å². The summed E-state index contributed by atoms with van der Waals surface area (Å²) in [7, 11) is 0. The Balaban J connectivity index is 3.63. The summed E-state index contributed by atoms with van der Waals surface area (Å²) in [5.41, 5.74) is 2.02. The van der Waals surface area contributed by atoms with Crippen molar-refractivity contribution < 1.29 is 0 Å². The van der Waals surface area contributed by atoms with Crippen molar-refractivity contribution in [2.24, 2.45) is 5.41 Å². The van der Waals surface area contributed by atoms with Gasteiger partial charge in [-0.3, -0.25) is 0 Å². The molecule has 0 unspecified atom stereocenters. The summed E-state index contributed by atoms with van der Waals surface area (Å²) in [5.74, 6) is 0. The molecule has 0 aliphatic heterocycles. The molecule has 0 amide bonds. The molecule has 0 saturated heterocycles. The van der Waals surface area contributed by atoms with Gasteiger partial charge >= 0.3 is 0 Å². The van der Waals surface area contributed by atoms with Crippen LogP contribution in [0.15, 0.2) is 23.8 Å². The van der Waals surface area contributed by atoms with Gasteiger partial charge in [0, 0.05) is 0 Å². The molecule has 0 nitrogen and oxygen atoms in total. The maximum Gasteiger partial charge on any atom is -0.0167 e. The first-order valence-corrected chi connectivity index (χ1v) is 5.72. The molecule has 0 aliphatic rings. The van der Waals surface area contributed by atoms with E-state index in [0.717, 1.165) is 6.42 Å². The van der Waals surface area contributed by atoms with Gasteiger partial charge in [-0.2, -0.15) is 0 Å². The molecule has 0 heterocycles. The molecule has 0 fully saturated rings. The van der Waals surface area contributed by atoms with Gasteiger partial charge < -0.3 is 0 Å². The van der Waals surface area contributed by atoms with Gasteiger partial charge in [-0.25, -0.2) is 0 Å². The second-order valence-corrected chi connectivity index (χ2v) is 5.27. The van der Waals surface area contributed by atoms with Crippen molar-refractivity contribution in [3.63, 3.8) is 0 Å². The Morgan fingerprint density at radius 2 is 1.86 bits per heavy atom. The van der Waals surface area contributed by atoms with Crippen molar-refractivity contribution in [3.8, 4) is 0 Å². The molecule has 0 heteroatoms. The first kappa shape index (κ1) is 13.5. The van der Waals surface area contributed by atoms with Crippen LogP contribution in [0, 0.1) is 5.41 Å². The Bertz CT molecular complexity index is 189. The quantitative estimate of drug-likeness (QED) is 0.533. The van der Waals surface area contributed by atoms with Crippen LogP contribution in [0.25, 0.3) is 0 Å². The molecule has 82 valence electrons. The van der Waals surface area contributed by atoms with Crippen LogP contribution in [0.1, 0.15) is 60.3 Å². The first-order valence-electron chi connectivity index (χ1n) is 5.72. The summed E-state index contributed by atoms with van der Waals surface area (Å²) in [5, 5.41) is 0. The van der Waals surface area contributed by atoms with E-state index in [2.05, 4.69) is 52.8 Å². The lowest BCUT2D eigenvalue weighted by atomic mass is 9.89. The highest BCUT2D eigenvalue weighted by molar-refractivity contribution is 5.01. The molecule has 0 aliphatic carbocycles. The highest BCUT2D eigenvalue weighted by atomic mass is 14.1. The summed E-state index contributed by atoms with van der Waals surface area (Å²) >= 11 is 0. The van der Waals surface area contributed by atoms with E-state index in [4.69, 9.17) is 0 Å². The lowest BCUT2D eigenvalue weighted by Crippen LogP contribution is -2.03. The fourth-order valence-corrected chi connectivity index (χ4v) is 1.40. The van der Waals surface area contributed by atoms with Crippen molar-refractivity contribution in [3.05, 3.63) is 23.8 Å². The van der Waals surface area contributed by atoms with E-state index >= 15 is 0 Å². The van der Waals surface area contributed by atoms with Crippen LogP contribution in [-0.4, -0.2) is 0 Å². The normalized spacial score (nSPS) is 13.9. The molecule has 0 saturated carbocycles. The molecule has 0 N–H and O–H groups in total. The van der Waals surface area contributed by atoms with Gasteiger partial charge in [0.05, 0.1) is 0 Å². The Morgan fingerprint density at radius 3 is 2.36 bits per heavy atom. The third-order valence-electron chi connectivity index (χ3n) is 2.34. The number of rotatable bonds is 5. The lowest BCUT2D eigenvalue weighted by Gasteiger charge is -2.17. The number of hydrogen-bond donors (Lipinski definition) is 0. The van der Waals surface area contributed by atoms with Gasteiger partial charge in [0.25, 0.3) is 0 Å². The Kier molecular flexibility index (Phi) is 6.61. The van der Waals surface area contributed by atoms with E-state index in [-0.39, 0.29) is 0 Å². The molecule has 14 heavy (non-hydrogen) atoms. The summed E-state index contributed by atoms with van der Waals surface area (Å²) in [6, 6.07) is 0. The van der Waals surface area contributed by atoms with Crippen LogP contribution in [0.4, 0.5) is 0 Å². The molecule has 0 radical (unpaired) electrons. The minimum Gasteiger partial charge on any atom is -0.0914 e. The zero-order valence-electron chi connectivity index (χ0n) is 10.6. The van der Waals surface area contributed by atoms with Gasteiger partial charge in [0.1, 0.15) is 0 Å². The third-order valence-corrected chi connectivity index (χ3v) is 2.34. The lowest BCUT2D eigenvalue weighted by molar-refractivity contribution is 0.365. The molecule has 0 aromatic heterocycles. The van der Waals surface area contributed by atoms with Crippen molar-refractivity contribution >= 4 is 0 Å². The molecule has 0 aromatic rings. The molecule has 0 aromatic carbocycles. The minimum absolute atomic E-state index is 0.490. The molecular formula is C14H26. The van der Waals surface area contributed by atoms with Crippen LogP contribution in [-0.2, 0) is 0 Å². The molecule has 0 rings (SSSR count). The van der Waals surface area contributed by atoms with E-state index in [0.29, 0.717) is 5.41 Å². The summed E-state index contributed by atoms with van der Waals surface area (Å²) in [6.45, 7) is 11.2. The highest BCUT2D eigenvalue weighted by Gasteiger charge is 2.08. The van der Waals surface area contributed by atoms with Gasteiger partial charge in [-0.15, -0.1) is 0 Å². The summed E-state index contributed by atoms with van der Waals surface area (Å²) < 4.78 is 0. The SMILES string of the molecule is CC=CCC=C(C)CCCC(C)(C)C. The second kappa shape index (κ2) is 6.86. The average molecular weight is 194 g/mol. The molecule has 0 spiro atoms. The van der Waals surface area contributed by atoms with Gasteiger partial charge in [0.15, 0.2) is 0 Å². The van der Waals surface area contributed by atoms with E-state index in [1.165, 1.54) is 24.8 Å². The minimum atomic E-state index is 0.490. The Labute approximate surface area is 90.1 Å². The predicted molar refractivity (Wildman–Crippen MR) is 66.5 cm³/mol. The van der Waals surface area contributed by atoms with E-state index in [1.807, 2.05) is 0 Å². The second-order valence-electron chi connectivity index (χ2n) is 5.27. The summed E-state index contributed by atoms with van der Waals surface area (Å²) in [4.78, 5) is 0. The zero-order chi connectivity index (χ0) is 11.0. The monoisotopic (exact) mass is 194 g/mol. The van der Waals surface area contributed by atoms with Crippen LogP contribution in [0.3, 0.4) is 0 Å². The molecular weight excluding hydrogens is 168 g/mol. The molecule has 0 atom stereocenters. The van der Waals surface area contributed by atoms with Gasteiger partial charge in [-0.1, -0.05) is 44.6 Å². The van der Waals surface area contributed by atoms with E-state index in [1.54, 1.807) is 0 Å². The number of allylic oxidation sites excluding steroid dienone is 4. The van der Waals surface area contributed by atoms with Crippen molar-refractivity contribution in [1.29, 1.82) is 0 Å². The maximum absolute atomic E-state index is 2.34. The van der Waals surface area contributed by atoms with Crippen molar-refractivity contribution in [2.45, 2.75) is 60.3 Å². The average Bonchev–Trinajstić information content (AvgIpc) is 2.02. The van der Waals surface area contributed by atoms with Crippen LogP contribution in [0.2, 0.25) is 0 Å². The highest BCUT2D eigenvalue weighted by Crippen LogP contribution is 2.22. The van der Waals surface area contributed by atoms with Crippen LogP contribution >= 0.6 is 0 Å². The third kappa shape index (κ3) is 9.57. The topological polar surface area (TPSA) is 0 Å². The van der Waals surface area contributed by atoms with Crippen molar-refractivity contribution in [2.75, 3.05) is 0 Å². The van der Waals surface area contributed by atoms with Gasteiger partial charge in [0.2, 0.25) is 0 Å². The maximum atomic E-state index is 2.34. The Hall–Kier alpha value is -0.520. The largest absolute Gasteiger partial charge is 0.0914 e. The Morgan fingerprint density at radius 1 is 1.21 bits per heavy atom. The fraction of sp³-hybridized carbons (Fsp3) is 0.714. The van der Waals surface area contributed by atoms with Crippen LogP contribution < -0.4 is 0 Å². The standard InChI is InChI=1S/C14H26/c1-6-7-8-10-13(2)11-9-12-14(3,4)5/h6-7,10H,8-9,11-12H2,1-5H3. The summed E-state index contributed by atoms with van der Waals surface area (Å²) in [6.07, 6.45) is 11.6. The first-order chi connectivity index (χ1) is 6.45. The van der Waals surface area contributed by atoms with E-state index in [9.17, 15) is 0 Å². The van der Waals surface area contributed by atoms with Crippen LogP contribution in [0.5, 0.6) is 0 Å². The van der Waals surface area contributed by atoms with Gasteiger partial charge in [-0.05, 0) is 44.9 Å². The zero-order valence-corrected chi connectivity index (χ0v) is 10.6. The predicted octanol–water partition coefficient (Wildman–Crippen LogP) is 5.12. The fourth-order valence-electron chi connectivity index (χ4n) is 1.40.